The van der Waals surface area contributed by atoms with Crippen molar-refractivity contribution in [2.75, 3.05) is 14.2 Å². The monoisotopic (exact) mass is 360 g/mol. The van der Waals surface area contributed by atoms with Gasteiger partial charge in [-0.25, -0.2) is 4.79 Å². The van der Waals surface area contributed by atoms with Gasteiger partial charge in [0.1, 0.15) is 11.8 Å². The lowest BCUT2D eigenvalue weighted by atomic mass is 9.91. The fourth-order valence-electron chi connectivity index (χ4n) is 3.60. The van der Waals surface area contributed by atoms with Crippen molar-refractivity contribution in [1.82, 2.24) is 9.80 Å². The Morgan fingerprint density at radius 3 is 2.62 bits per heavy atom. The zero-order valence-corrected chi connectivity index (χ0v) is 15.2. The van der Waals surface area contributed by atoms with E-state index in [2.05, 4.69) is 0 Å². The lowest BCUT2D eigenvalue weighted by Gasteiger charge is -2.31. The van der Waals surface area contributed by atoms with E-state index in [1.54, 1.807) is 7.11 Å². The molecule has 140 valence electrons. The summed E-state index contributed by atoms with van der Waals surface area (Å²) in [6, 6.07) is 6.23. The first-order chi connectivity index (χ1) is 12.3. The smallest absolute Gasteiger partial charge is 0.326 e. The highest BCUT2D eigenvalue weighted by Gasteiger charge is 2.50. The molecular weight excluding hydrogens is 336 g/mol. The molecule has 1 aliphatic heterocycles. The molecule has 3 unspecified atom stereocenters. The van der Waals surface area contributed by atoms with Gasteiger partial charge in [-0.1, -0.05) is 12.1 Å². The molecule has 1 N–H and O–H groups in total. The number of likely N-dealkylation sites (N-methyl/N-ethyl adjacent to an activating group) is 1. The van der Waals surface area contributed by atoms with Crippen molar-refractivity contribution in [3.63, 3.8) is 0 Å². The number of benzene rings is 1. The molecule has 2 amide bonds. The van der Waals surface area contributed by atoms with E-state index in [4.69, 9.17) is 4.74 Å². The number of hydrogen-bond acceptors (Lipinski definition) is 4. The molecule has 0 spiro atoms. The highest BCUT2D eigenvalue weighted by molar-refractivity contribution is 5.92. The van der Waals surface area contributed by atoms with Crippen LogP contribution in [-0.4, -0.2) is 58.9 Å². The highest BCUT2D eigenvalue weighted by atomic mass is 16.5. The van der Waals surface area contributed by atoms with Gasteiger partial charge in [-0.05, 0) is 37.5 Å². The minimum absolute atomic E-state index is 0.0463. The van der Waals surface area contributed by atoms with Crippen LogP contribution in [0.2, 0.25) is 0 Å². The number of carbonyl (C=O) groups is 3. The third kappa shape index (κ3) is 3.25. The normalized spacial score (nSPS) is 23.7. The molecule has 0 bridgehead atoms. The van der Waals surface area contributed by atoms with Crippen molar-refractivity contribution in [2.45, 2.75) is 44.3 Å². The van der Waals surface area contributed by atoms with E-state index < -0.39 is 17.9 Å². The molecule has 7 nitrogen and oxygen atoms in total. The van der Waals surface area contributed by atoms with Gasteiger partial charge < -0.3 is 19.6 Å². The average Bonchev–Trinajstić information content (AvgIpc) is 3.41. The average molecular weight is 360 g/mol. The molecule has 1 aromatic carbocycles. The van der Waals surface area contributed by atoms with Crippen LogP contribution in [0.4, 0.5) is 0 Å². The maximum Gasteiger partial charge on any atom is 0.326 e. The highest BCUT2D eigenvalue weighted by Crippen LogP contribution is 2.46. The van der Waals surface area contributed by atoms with Crippen LogP contribution in [0.15, 0.2) is 24.3 Å². The Morgan fingerprint density at radius 1 is 1.35 bits per heavy atom. The molecule has 26 heavy (non-hydrogen) atoms. The van der Waals surface area contributed by atoms with Crippen LogP contribution < -0.4 is 4.74 Å². The molecule has 1 saturated carbocycles. The first-order valence-corrected chi connectivity index (χ1v) is 8.79. The van der Waals surface area contributed by atoms with Crippen LogP contribution >= 0.6 is 0 Å². The number of hydrogen-bond donors (Lipinski definition) is 1. The molecule has 2 fully saturated rings. The summed E-state index contributed by atoms with van der Waals surface area (Å²) in [6.07, 6.45) is 1.98. The van der Waals surface area contributed by atoms with Gasteiger partial charge in [-0.15, -0.1) is 0 Å². The summed E-state index contributed by atoms with van der Waals surface area (Å²) >= 11 is 0. The van der Waals surface area contributed by atoms with E-state index in [1.807, 2.05) is 29.2 Å². The molecular formula is C19H24N2O5. The Kier molecular flexibility index (Phi) is 4.89. The molecule has 1 aliphatic carbocycles. The molecule has 1 saturated heterocycles. The fourth-order valence-corrected chi connectivity index (χ4v) is 3.60. The first kappa shape index (κ1) is 18.2. The number of rotatable bonds is 6. The number of likely N-dealkylation sites (tertiary alicyclic amines) is 1. The van der Waals surface area contributed by atoms with Crippen molar-refractivity contribution < 1.29 is 24.2 Å². The second-order valence-corrected chi connectivity index (χ2v) is 7.03. The second kappa shape index (κ2) is 6.97. The van der Waals surface area contributed by atoms with E-state index in [1.165, 1.54) is 18.9 Å². The van der Waals surface area contributed by atoms with Gasteiger partial charge in [0.05, 0.1) is 19.1 Å². The summed E-state index contributed by atoms with van der Waals surface area (Å²) in [6.45, 7) is 1.47. The van der Waals surface area contributed by atoms with Gasteiger partial charge in [-0.2, -0.15) is 0 Å². The predicted octanol–water partition coefficient (Wildman–Crippen LogP) is 1.68. The van der Waals surface area contributed by atoms with Crippen LogP contribution in [0.1, 0.15) is 37.8 Å². The van der Waals surface area contributed by atoms with Crippen LogP contribution in [0.3, 0.4) is 0 Å². The fraction of sp³-hybridized carbons (Fsp3) is 0.526. The van der Waals surface area contributed by atoms with E-state index >= 15 is 0 Å². The van der Waals surface area contributed by atoms with Gasteiger partial charge >= 0.3 is 5.97 Å². The lowest BCUT2D eigenvalue weighted by Crippen LogP contribution is -2.44. The number of nitrogens with zero attached hydrogens (tertiary/aromatic N) is 2. The summed E-state index contributed by atoms with van der Waals surface area (Å²) in [4.78, 5) is 40.0. The molecule has 0 aromatic heterocycles. The maximum absolute atomic E-state index is 13.0. The third-order valence-corrected chi connectivity index (χ3v) is 5.34. The topological polar surface area (TPSA) is 87.1 Å². The Balaban J connectivity index is 1.95. The molecule has 7 heteroatoms. The van der Waals surface area contributed by atoms with Crippen molar-refractivity contribution in [3.8, 4) is 5.75 Å². The van der Waals surface area contributed by atoms with Crippen molar-refractivity contribution >= 4 is 17.8 Å². The maximum atomic E-state index is 13.0. The summed E-state index contributed by atoms with van der Waals surface area (Å²) in [7, 11) is 3.05. The number of carbonyl (C=O) groups excluding carboxylic acids is 2. The standard InChI is InChI=1S/C19H24N2O5/c1-11(19(24)25)20(2)18(23)15-10-16(22)21(13-7-8-13)17(15)12-5-4-6-14(9-12)26-3/h4-6,9,11,13,15,17H,7-8,10H2,1-3H3,(H,24,25). The second-order valence-electron chi connectivity index (χ2n) is 7.03. The van der Waals surface area contributed by atoms with Crippen LogP contribution in [0, 0.1) is 5.92 Å². The minimum Gasteiger partial charge on any atom is -0.497 e. The number of amides is 2. The van der Waals surface area contributed by atoms with Gasteiger partial charge in [0, 0.05) is 19.5 Å². The SMILES string of the molecule is COc1cccc(C2C(C(=O)N(C)C(C)C(=O)O)CC(=O)N2C2CC2)c1. The van der Waals surface area contributed by atoms with Crippen molar-refractivity contribution in [2.24, 2.45) is 5.92 Å². The number of methoxy groups -OCH3 is 1. The number of carboxylic acid groups (broad SMARTS) is 1. The van der Waals surface area contributed by atoms with Gasteiger partial charge in [0.25, 0.3) is 0 Å². The van der Waals surface area contributed by atoms with Gasteiger partial charge in [-0.3, -0.25) is 9.59 Å². The first-order valence-electron chi connectivity index (χ1n) is 8.79. The summed E-state index contributed by atoms with van der Waals surface area (Å²) in [5.74, 6) is -1.36. The third-order valence-electron chi connectivity index (χ3n) is 5.34. The summed E-state index contributed by atoms with van der Waals surface area (Å²) < 4.78 is 5.29. The Hall–Kier alpha value is -2.57. The zero-order valence-electron chi connectivity index (χ0n) is 15.2. The molecule has 3 atom stereocenters. The Bertz CT molecular complexity index is 730. The predicted molar refractivity (Wildman–Crippen MR) is 93.6 cm³/mol. The summed E-state index contributed by atoms with van der Waals surface area (Å²) in [5, 5.41) is 9.21. The lowest BCUT2D eigenvalue weighted by molar-refractivity contribution is -0.150. The van der Waals surface area contributed by atoms with Crippen LogP contribution in [0.25, 0.3) is 0 Å². The van der Waals surface area contributed by atoms with Crippen molar-refractivity contribution in [3.05, 3.63) is 29.8 Å². The Morgan fingerprint density at radius 2 is 2.04 bits per heavy atom. The zero-order chi connectivity index (χ0) is 19.0. The Labute approximate surface area is 152 Å². The molecule has 2 aliphatic rings. The van der Waals surface area contributed by atoms with E-state index in [-0.39, 0.29) is 30.3 Å². The molecule has 3 rings (SSSR count). The van der Waals surface area contributed by atoms with Crippen LogP contribution in [0.5, 0.6) is 5.75 Å². The number of ether oxygens (including phenoxy) is 1. The number of carboxylic acids is 1. The largest absolute Gasteiger partial charge is 0.497 e. The number of aliphatic carboxylic acids is 1. The molecule has 1 aromatic rings. The quantitative estimate of drug-likeness (QED) is 0.834. The van der Waals surface area contributed by atoms with Gasteiger partial charge in [0.2, 0.25) is 11.8 Å². The molecule has 1 heterocycles. The van der Waals surface area contributed by atoms with E-state index in [0.29, 0.717) is 5.75 Å². The molecule has 0 radical (unpaired) electrons. The minimum atomic E-state index is -1.07. The van der Waals surface area contributed by atoms with Gasteiger partial charge in [0.15, 0.2) is 0 Å². The van der Waals surface area contributed by atoms with Crippen LogP contribution in [-0.2, 0) is 14.4 Å². The van der Waals surface area contributed by atoms with E-state index in [0.717, 1.165) is 18.4 Å². The summed E-state index contributed by atoms with van der Waals surface area (Å²) in [5.41, 5.74) is 0.844. The van der Waals surface area contributed by atoms with Crippen molar-refractivity contribution in [1.29, 1.82) is 0 Å². The van der Waals surface area contributed by atoms with E-state index in [9.17, 15) is 19.5 Å².